The Morgan fingerprint density at radius 2 is 1.68 bits per heavy atom. The van der Waals surface area contributed by atoms with Gasteiger partial charge in [-0.25, -0.2) is 4.39 Å². The largest absolute Gasteiger partial charge is 0.338 e. The average Bonchev–Trinajstić information content (AvgIpc) is 3.26. The fraction of sp³-hybridized carbons (Fsp3) is 0.385. The van der Waals surface area contributed by atoms with E-state index in [1.165, 1.54) is 12.1 Å². The summed E-state index contributed by atoms with van der Waals surface area (Å²) < 4.78 is 19.5. The Hall–Kier alpha value is -3.23. The van der Waals surface area contributed by atoms with Gasteiger partial charge in [-0.2, -0.15) is 0 Å². The molecule has 0 spiro atoms. The molecule has 0 N–H and O–H groups in total. The van der Waals surface area contributed by atoms with E-state index in [9.17, 15) is 9.18 Å². The normalized spacial score (nSPS) is 14.6. The van der Waals surface area contributed by atoms with Crippen LogP contribution in [0, 0.1) is 5.82 Å². The minimum absolute atomic E-state index is 0.0435. The standard InChI is InChI=1S/C26H32FN5O2/c1-29(2)13-16-32(25(33)21-7-5-4-6-8-21)19-23-24(20-9-11-22(27)12-10-20)28-34-26(23)31-17-14-30(3)15-18-31/h4-12H,13-19H2,1-3H3. The zero-order valence-electron chi connectivity index (χ0n) is 20.1. The summed E-state index contributed by atoms with van der Waals surface area (Å²) in [7, 11) is 6.08. The van der Waals surface area contributed by atoms with Crippen LogP contribution in [-0.2, 0) is 6.54 Å². The molecule has 1 aliphatic heterocycles. The lowest BCUT2D eigenvalue weighted by Gasteiger charge is -2.33. The zero-order valence-corrected chi connectivity index (χ0v) is 20.1. The first-order valence-corrected chi connectivity index (χ1v) is 11.6. The summed E-state index contributed by atoms with van der Waals surface area (Å²) >= 11 is 0. The lowest BCUT2D eigenvalue weighted by Crippen LogP contribution is -2.45. The van der Waals surface area contributed by atoms with Crippen LogP contribution in [0.15, 0.2) is 59.1 Å². The van der Waals surface area contributed by atoms with Gasteiger partial charge in [0.2, 0.25) is 5.88 Å². The molecule has 0 saturated carbocycles. The lowest BCUT2D eigenvalue weighted by atomic mass is 10.1. The van der Waals surface area contributed by atoms with Crippen LogP contribution in [0.1, 0.15) is 15.9 Å². The molecule has 3 aromatic rings. The highest BCUT2D eigenvalue weighted by molar-refractivity contribution is 5.94. The number of benzene rings is 2. The predicted octanol–water partition coefficient (Wildman–Crippen LogP) is 3.44. The van der Waals surface area contributed by atoms with Crippen molar-refractivity contribution in [1.82, 2.24) is 19.9 Å². The quantitative estimate of drug-likeness (QED) is 0.508. The van der Waals surface area contributed by atoms with Gasteiger partial charge in [-0.05, 0) is 57.5 Å². The van der Waals surface area contributed by atoms with Crippen molar-refractivity contribution in [3.8, 4) is 11.3 Å². The molecule has 4 rings (SSSR count). The minimum Gasteiger partial charge on any atom is -0.338 e. The summed E-state index contributed by atoms with van der Waals surface area (Å²) in [5.41, 5.74) is 2.89. The number of halogens is 1. The average molecular weight is 466 g/mol. The molecule has 1 aliphatic rings. The van der Waals surface area contributed by atoms with E-state index in [2.05, 4.69) is 26.9 Å². The molecule has 1 saturated heterocycles. The number of hydrogen-bond acceptors (Lipinski definition) is 6. The van der Waals surface area contributed by atoms with Gasteiger partial charge in [0, 0.05) is 50.4 Å². The molecule has 2 aromatic carbocycles. The first-order valence-electron chi connectivity index (χ1n) is 11.6. The second-order valence-electron chi connectivity index (χ2n) is 9.01. The van der Waals surface area contributed by atoms with Crippen LogP contribution in [0.2, 0.25) is 0 Å². The van der Waals surface area contributed by atoms with Crippen LogP contribution < -0.4 is 4.90 Å². The smallest absolute Gasteiger partial charge is 0.254 e. The van der Waals surface area contributed by atoms with Gasteiger partial charge >= 0.3 is 0 Å². The van der Waals surface area contributed by atoms with Gasteiger partial charge in [-0.3, -0.25) is 4.79 Å². The van der Waals surface area contributed by atoms with Gasteiger partial charge in [0.25, 0.3) is 5.91 Å². The van der Waals surface area contributed by atoms with Gasteiger partial charge in [-0.1, -0.05) is 23.4 Å². The molecule has 1 amide bonds. The van der Waals surface area contributed by atoms with Gasteiger partial charge in [0.15, 0.2) is 0 Å². The van der Waals surface area contributed by atoms with Crippen LogP contribution in [0.5, 0.6) is 0 Å². The Labute approximate surface area is 200 Å². The Bertz CT molecular complexity index is 1080. The second kappa shape index (κ2) is 10.8. The summed E-state index contributed by atoms with van der Waals surface area (Å²) in [4.78, 5) is 21.9. The molecule has 180 valence electrons. The molecular weight excluding hydrogens is 433 g/mol. The number of anilines is 1. The van der Waals surface area contributed by atoms with Crippen molar-refractivity contribution in [2.75, 3.05) is 65.3 Å². The van der Waals surface area contributed by atoms with Crippen LogP contribution in [0.25, 0.3) is 11.3 Å². The molecule has 0 radical (unpaired) electrons. The molecule has 8 heteroatoms. The monoisotopic (exact) mass is 465 g/mol. The summed E-state index contributed by atoms with van der Waals surface area (Å²) in [6, 6.07) is 15.6. The number of piperazine rings is 1. The Balaban J connectivity index is 1.71. The van der Waals surface area contributed by atoms with E-state index in [1.54, 1.807) is 12.1 Å². The van der Waals surface area contributed by atoms with Crippen LogP contribution in [-0.4, -0.2) is 86.2 Å². The van der Waals surface area contributed by atoms with Crippen molar-refractivity contribution in [3.63, 3.8) is 0 Å². The zero-order chi connectivity index (χ0) is 24.1. The van der Waals surface area contributed by atoms with E-state index in [0.717, 1.165) is 43.9 Å². The van der Waals surface area contributed by atoms with E-state index in [-0.39, 0.29) is 11.7 Å². The van der Waals surface area contributed by atoms with Crippen molar-refractivity contribution in [3.05, 3.63) is 71.5 Å². The molecule has 1 aromatic heterocycles. The molecule has 0 bridgehead atoms. The molecule has 0 atom stereocenters. The first kappa shape index (κ1) is 23.9. The van der Waals surface area contributed by atoms with Gasteiger partial charge < -0.3 is 24.1 Å². The second-order valence-corrected chi connectivity index (χ2v) is 9.01. The van der Waals surface area contributed by atoms with Crippen molar-refractivity contribution in [2.45, 2.75) is 6.54 Å². The van der Waals surface area contributed by atoms with Crippen molar-refractivity contribution in [1.29, 1.82) is 0 Å². The number of nitrogens with zero attached hydrogens (tertiary/aromatic N) is 5. The predicted molar refractivity (Wildman–Crippen MR) is 131 cm³/mol. The fourth-order valence-corrected chi connectivity index (χ4v) is 4.06. The SMILES string of the molecule is CN(C)CCN(Cc1c(-c2ccc(F)cc2)noc1N1CCN(C)CC1)C(=O)c1ccccc1. The topological polar surface area (TPSA) is 56.1 Å². The fourth-order valence-electron chi connectivity index (χ4n) is 4.06. The highest BCUT2D eigenvalue weighted by Gasteiger charge is 2.28. The van der Waals surface area contributed by atoms with Crippen LogP contribution in [0.4, 0.5) is 10.3 Å². The number of aromatic nitrogens is 1. The third-order valence-corrected chi connectivity index (χ3v) is 6.15. The van der Waals surface area contributed by atoms with Crippen molar-refractivity contribution < 1.29 is 13.7 Å². The molecular formula is C26H32FN5O2. The third-order valence-electron chi connectivity index (χ3n) is 6.15. The third kappa shape index (κ3) is 5.63. The maximum absolute atomic E-state index is 13.6. The highest BCUT2D eigenvalue weighted by atomic mass is 19.1. The van der Waals surface area contributed by atoms with Crippen molar-refractivity contribution >= 4 is 11.8 Å². The maximum Gasteiger partial charge on any atom is 0.254 e. The van der Waals surface area contributed by atoms with E-state index >= 15 is 0 Å². The van der Waals surface area contributed by atoms with E-state index in [4.69, 9.17) is 4.52 Å². The molecule has 2 heterocycles. The Kier molecular flexibility index (Phi) is 7.59. The summed E-state index contributed by atoms with van der Waals surface area (Å²) in [6.45, 7) is 5.08. The number of amides is 1. The van der Waals surface area contributed by atoms with Crippen molar-refractivity contribution in [2.24, 2.45) is 0 Å². The molecule has 1 fully saturated rings. The van der Waals surface area contributed by atoms with E-state index in [0.29, 0.717) is 30.2 Å². The van der Waals surface area contributed by atoms with E-state index in [1.807, 2.05) is 49.3 Å². The molecule has 0 aliphatic carbocycles. The summed E-state index contributed by atoms with van der Waals surface area (Å²) in [5, 5.41) is 4.39. The van der Waals surface area contributed by atoms with Gasteiger partial charge in [-0.15, -0.1) is 0 Å². The summed E-state index contributed by atoms with van der Waals surface area (Å²) in [5.74, 6) is 0.334. The summed E-state index contributed by atoms with van der Waals surface area (Å²) in [6.07, 6.45) is 0. The number of carbonyl (C=O) groups is 1. The van der Waals surface area contributed by atoms with E-state index < -0.39 is 0 Å². The Morgan fingerprint density at radius 1 is 1.00 bits per heavy atom. The molecule has 34 heavy (non-hydrogen) atoms. The van der Waals surface area contributed by atoms with Gasteiger partial charge in [0.05, 0.1) is 12.1 Å². The maximum atomic E-state index is 13.6. The number of likely N-dealkylation sites (N-methyl/N-ethyl adjacent to an activating group) is 2. The van der Waals surface area contributed by atoms with Crippen LogP contribution in [0.3, 0.4) is 0 Å². The molecule has 7 nitrogen and oxygen atoms in total. The number of carbonyl (C=O) groups excluding carboxylic acids is 1. The minimum atomic E-state index is -0.306. The van der Waals surface area contributed by atoms with Gasteiger partial charge in [0.1, 0.15) is 11.5 Å². The molecule has 0 unspecified atom stereocenters. The van der Waals surface area contributed by atoms with Crippen LogP contribution >= 0.6 is 0 Å². The lowest BCUT2D eigenvalue weighted by molar-refractivity contribution is 0.0732. The number of rotatable bonds is 8. The Morgan fingerprint density at radius 3 is 2.32 bits per heavy atom. The first-order chi connectivity index (χ1) is 16.4. The highest BCUT2D eigenvalue weighted by Crippen LogP contribution is 2.33. The number of hydrogen-bond donors (Lipinski definition) is 0.